The minimum atomic E-state index is -0.859. The normalized spacial score (nSPS) is 23.2. The second-order valence-corrected chi connectivity index (χ2v) is 4.44. The van der Waals surface area contributed by atoms with E-state index in [9.17, 15) is 8.78 Å². The van der Waals surface area contributed by atoms with Crippen molar-refractivity contribution in [1.82, 2.24) is 5.32 Å². The van der Waals surface area contributed by atoms with Gasteiger partial charge < -0.3 is 10.1 Å². The van der Waals surface area contributed by atoms with E-state index in [-0.39, 0.29) is 6.10 Å². The Hall–Kier alpha value is -1.16. The van der Waals surface area contributed by atoms with Crippen LogP contribution in [-0.2, 0) is 0 Å². The molecule has 17 heavy (non-hydrogen) atoms. The first-order valence-electron chi connectivity index (χ1n) is 6.04. The summed E-state index contributed by atoms with van der Waals surface area (Å²) in [7, 11) is 0. The average Bonchev–Trinajstić information content (AvgIpc) is 2.26. The quantitative estimate of drug-likeness (QED) is 0.855. The third-order valence-electron chi connectivity index (χ3n) is 2.97. The minimum absolute atomic E-state index is 0.120. The molecule has 0 aromatic heterocycles. The fourth-order valence-corrected chi connectivity index (χ4v) is 1.92. The smallest absolute Gasteiger partial charge is 0.162 e. The Balaban J connectivity index is 1.77. The maximum atomic E-state index is 12.9. The number of hydrogen-bond donors (Lipinski definition) is 1. The molecule has 1 N–H and O–H groups in total. The lowest BCUT2D eigenvalue weighted by Crippen LogP contribution is -2.46. The van der Waals surface area contributed by atoms with Crippen molar-refractivity contribution in [3.63, 3.8) is 0 Å². The van der Waals surface area contributed by atoms with E-state index in [1.165, 1.54) is 6.07 Å². The van der Waals surface area contributed by atoms with Crippen molar-refractivity contribution in [2.75, 3.05) is 6.54 Å². The van der Waals surface area contributed by atoms with Gasteiger partial charge in [-0.05, 0) is 37.9 Å². The highest BCUT2D eigenvalue weighted by molar-refractivity contribution is 5.24. The van der Waals surface area contributed by atoms with Crippen LogP contribution in [0.25, 0.3) is 0 Å². The summed E-state index contributed by atoms with van der Waals surface area (Å²) >= 11 is 0. The molecule has 1 fully saturated rings. The van der Waals surface area contributed by atoms with Gasteiger partial charge in [0.25, 0.3) is 0 Å². The van der Waals surface area contributed by atoms with Crippen LogP contribution in [0.15, 0.2) is 18.2 Å². The van der Waals surface area contributed by atoms with Crippen molar-refractivity contribution in [2.45, 2.75) is 38.3 Å². The van der Waals surface area contributed by atoms with E-state index in [4.69, 9.17) is 4.74 Å². The first-order valence-corrected chi connectivity index (χ1v) is 6.04. The van der Waals surface area contributed by atoms with Crippen LogP contribution < -0.4 is 10.1 Å². The molecule has 0 atom stereocenters. The Morgan fingerprint density at radius 3 is 2.71 bits per heavy atom. The van der Waals surface area contributed by atoms with E-state index >= 15 is 0 Å². The molecule has 0 spiro atoms. The highest BCUT2D eigenvalue weighted by Crippen LogP contribution is 2.26. The summed E-state index contributed by atoms with van der Waals surface area (Å²) in [6.07, 6.45) is 3.10. The Morgan fingerprint density at radius 1 is 1.29 bits per heavy atom. The molecule has 2 nitrogen and oxygen atoms in total. The monoisotopic (exact) mass is 241 g/mol. The summed E-state index contributed by atoms with van der Waals surface area (Å²) in [5.74, 6) is -1.29. The van der Waals surface area contributed by atoms with Gasteiger partial charge >= 0.3 is 0 Å². The molecule has 2 rings (SSSR count). The van der Waals surface area contributed by atoms with Gasteiger partial charge in [0.1, 0.15) is 11.9 Å². The van der Waals surface area contributed by atoms with Crippen LogP contribution in [0.1, 0.15) is 26.2 Å². The molecule has 0 radical (unpaired) electrons. The summed E-state index contributed by atoms with van der Waals surface area (Å²) < 4.78 is 31.2. The fraction of sp³-hybridized carbons (Fsp3) is 0.538. The van der Waals surface area contributed by atoms with Crippen molar-refractivity contribution in [3.8, 4) is 5.75 Å². The van der Waals surface area contributed by atoms with Crippen molar-refractivity contribution in [2.24, 2.45) is 0 Å². The predicted octanol–water partition coefficient (Wildman–Crippen LogP) is 2.87. The van der Waals surface area contributed by atoms with Crippen LogP contribution >= 0.6 is 0 Å². The van der Waals surface area contributed by atoms with E-state index in [0.717, 1.165) is 37.9 Å². The van der Waals surface area contributed by atoms with Crippen LogP contribution in [-0.4, -0.2) is 18.7 Å². The fourth-order valence-electron chi connectivity index (χ4n) is 1.92. The van der Waals surface area contributed by atoms with Gasteiger partial charge in [-0.25, -0.2) is 8.78 Å². The molecule has 4 heteroatoms. The molecule has 1 aliphatic rings. The molecule has 1 aliphatic carbocycles. The zero-order valence-corrected chi connectivity index (χ0v) is 9.88. The second-order valence-electron chi connectivity index (χ2n) is 4.44. The summed E-state index contributed by atoms with van der Waals surface area (Å²) in [5.41, 5.74) is 0. The number of nitrogens with one attached hydrogen (secondary N) is 1. The Morgan fingerprint density at radius 2 is 2.06 bits per heavy atom. The second kappa shape index (κ2) is 5.45. The molecule has 94 valence electrons. The molecule has 0 amide bonds. The third-order valence-corrected chi connectivity index (χ3v) is 2.97. The molecule has 0 bridgehead atoms. The molecule has 0 heterocycles. The molecule has 0 unspecified atom stereocenters. The minimum Gasteiger partial charge on any atom is -0.490 e. The van der Waals surface area contributed by atoms with Gasteiger partial charge in [-0.1, -0.05) is 6.92 Å². The van der Waals surface area contributed by atoms with Gasteiger partial charge in [0, 0.05) is 12.1 Å². The van der Waals surface area contributed by atoms with Crippen LogP contribution in [0, 0.1) is 11.6 Å². The zero-order valence-electron chi connectivity index (χ0n) is 9.88. The number of hydrogen-bond acceptors (Lipinski definition) is 2. The molecule has 1 aromatic rings. The standard InChI is InChI=1S/C13H17F2NO/c1-2-5-16-9-6-11(7-9)17-10-3-4-12(14)13(15)8-10/h3-4,8-9,11,16H,2,5-7H2,1H3. The highest BCUT2D eigenvalue weighted by atomic mass is 19.2. The van der Waals surface area contributed by atoms with E-state index in [1.807, 2.05) is 0 Å². The number of rotatable bonds is 5. The van der Waals surface area contributed by atoms with Crippen molar-refractivity contribution >= 4 is 0 Å². The van der Waals surface area contributed by atoms with E-state index in [1.54, 1.807) is 0 Å². The number of halogens is 2. The lowest BCUT2D eigenvalue weighted by atomic mass is 9.89. The van der Waals surface area contributed by atoms with Crippen molar-refractivity contribution in [3.05, 3.63) is 29.8 Å². The molecule has 0 saturated heterocycles. The largest absolute Gasteiger partial charge is 0.490 e. The van der Waals surface area contributed by atoms with Gasteiger partial charge in [-0.2, -0.15) is 0 Å². The van der Waals surface area contributed by atoms with Crippen LogP contribution in [0.4, 0.5) is 8.78 Å². The summed E-state index contributed by atoms with van der Waals surface area (Å²) in [5, 5.41) is 3.39. The molecular formula is C13H17F2NO. The SMILES string of the molecule is CCCNC1CC(Oc2ccc(F)c(F)c2)C1. The van der Waals surface area contributed by atoms with Gasteiger partial charge in [-0.15, -0.1) is 0 Å². The van der Waals surface area contributed by atoms with Gasteiger partial charge in [-0.3, -0.25) is 0 Å². The van der Waals surface area contributed by atoms with Crippen LogP contribution in [0.2, 0.25) is 0 Å². The van der Waals surface area contributed by atoms with E-state index in [0.29, 0.717) is 11.8 Å². The molecule has 0 aliphatic heterocycles. The topological polar surface area (TPSA) is 21.3 Å². The Labute approximate surface area is 100.0 Å². The van der Waals surface area contributed by atoms with Gasteiger partial charge in [0.2, 0.25) is 0 Å². The first-order chi connectivity index (χ1) is 8.19. The van der Waals surface area contributed by atoms with Gasteiger partial charge in [0.05, 0.1) is 0 Å². The van der Waals surface area contributed by atoms with Gasteiger partial charge in [0.15, 0.2) is 11.6 Å². The highest BCUT2D eigenvalue weighted by Gasteiger charge is 2.30. The summed E-state index contributed by atoms with van der Waals surface area (Å²) in [6.45, 7) is 3.14. The van der Waals surface area contributed by atoms with Crippen LogP contribution in [0.3, 0.4) is 0 Å². The molecular weight excluding hydrogens is 224 g/mol. The average molecular weight is 241 g/mol. The molecule has 1 aromatic carbocycles. The van der Waals surface area contributed by atoms with Crippen LogP contribution in [0.5, 0.6) is 5.75 Å². The zero-order chi connectivity index (χ0) is 12.3. The summed E-state index contributed by atoms with van der Waals surface area (Å²) in [4.78, 5) is 0. The molecule has 1 saturated carbocycles. The maximum absolute atomic E-state index is 12.9. The van der Waals surface area contributed by atoms with Crippen molar-refractivity contribution in [1.29, 1.82) is 0 Å². The van der Waals surface area contributed by atoms with E-state index < -0.39 is 11.6 Å². The maximum Gasteiger partial charge on any atom is 0.162 e. The first kappa shape index (κ1) is 12.3. The Bertz CT molecular complexity index is 378. The van der Waals surface area contributed by atoms with Crippen molar-refractivity contribution < 1.29 is 13.5 Å². The predicted molar refractivity (Wildman–Crippen MR) is 62.1 cm³/mol. The Kier molecular flexibility index (Phi) is 3.94. The number of ether oxygens (including phenoxy) is 1. The van der Waals surface area contributed by atoms with E-state index in [2.05, 4.69) is 12.2 Å². The summed E-state index contributed by atoms with van der Waals surface area (Å²) in [6, 6.07) is 4.16. The lowest BCUT2D eigenvalue weighted by Gasteiger charge is -2.36. The number of benzene rings is 1. The lowest BCUT2D eigenvalue weighted by molar-refractivity contribution is 0.0848. The third kappa shape index (κ3) is 3.16.